The first kappa shape index (κ1) is 9.30. The van der Waals surface area contributed by atoms with Crippen molar-refractivity contribution in [3.63, 3.8) is 0 Å². The molecule has 2 N–H and O–H groups in total. The molecule has 0 radical (unpaired) electrons. The van der Waals surface area contributed by atoms with Crippen LogP contribution in [0.25, 0.3) is 0 Å². The van der Waals surface area contributed by atoms with Gasteiger partial charge in [-0.3, -0.25) is 0 Å². The molecule has 1 aromatic rings. The van der Waals surface area contributed by atoms with E-state index < -0.39 is 0 Å². The van der Waals surface area contributed by atoms with E-state index in [1.165, 1.54) is 11.1 Å². The van der Waals surface area contributed by atoms with Crippen LogP contribution < -0.4 is 5.73 Å². The normalized spacial score (nSPS) is 25.1. The third-order valence-corrected chi connectivity index (χ3v) is 3.04. The van der Waals surface area contributed by atoms with Crippen LogP contribution in [0.1, 0.15) is 30.4 Å². The highest BCUT2D eigenvalue weighted by molar-refractivity contribution is 5.36. The number of rotatable bonds is 1. The molecule has 0 saturated heterocycles. The molecule has 72 valence electrons. The first-order chi connectivity index (χ1) is 6.76. The van der Waals surface area contributed by atoms with Crippen LogP contribution in [0.2, 0.25) is 0 Å². The van der Waals surface area contributed by atoms with Crippen LogP contribution in [0.5, 0.6) is 0 Å². The van der Waals surface area contributed by atoms with Crippen LogP contribution in [-0.2, 0) is 12.0 Å². The summed E-state index contributed by atoms with van der Waals surface area (Å²) in [6.45, 7) is 0. The maximum atomic E-state index is 6.34. The first-order valence-corrected chi connectivity index (χ1v) is 5.07. The molecule has 0 heterocycles. The molecule has 0 fully saturated rings. The van der Waals surface area contributed by atoms with E-state index >= 15 is 0 Å². The second-order valence-electron chi connectivity index (χ2n) is 4.05. The Labute approximate surface area is 85.3 Å². The summed E-state index contributed by atoms with van der Waals surface area (Å²) in [6, 6.07) is 8.39. The fourth-order valence-electron chi connectivity index (χ4n) is 2.32. The first-order valence-electron chi connectivity index (χ1n) is 5.07. The van der Waals surface area contributed by atoms with E-state index in [4.69, 9.17) is 12.2 Å². The van der Waals surface area contributed by atoms with Gasteiger partial charge in [0.2, 0.25) is 0 Å². The molecule has 1 atom stereocenters. The summed E-state index contributed by atoms with van der Waals surface area (Å²) in [5.74, 6) is 2.69. The van der Waals surface area contributed by atoms with E-state index in [0.717, 1.165) is 19.3 Å². The second-order valence-corrected chi connectivity index (χ2v) is 4.05. The van der Waals surface area contributed by atoms with E-state index in [2.05, 4.69) is 24.1 Å². The van der Waals surface area contributed by atoms with Gasteiger partial charge < -0.3 is 5.73 Å². The van der Waals surface area contributed by atoms with Crippen LogP contribution in [0, 0.1) is 12.3 Å². The van der Waals surface area contributed by atoms with Crippen molar-refractivity contribution in [2.24, 2.45) is 5.73 Å². The quantitative estimate of drug-likeness (QED) is 0.667. The fraction of sp³-hybridized carbons (Fsp3) is 0.385. The lowest BCUT2D eigenvalue weighted by Gasteiger charge is -2.34. The number of terminal acetylenes is 1. The van der Waals surface area contributed by atoms with Gasteiger partial charge in [0.05, 0.1) is 5.54 Å². The predicted molar refractivity (Wildman–Crippen MR) is 58.7 cm³/mol. The SMILES string of the molecule is C#CCC1(N)CCCc2ccccc21. The number of nitrogens with two attached hydrogens (primary N) is 1. The van der Waals surface area contributed by atoms with Gasteiger partial charge in [0, 0.05) is 6.42 Å². The molecule has 0 spiro atoms. The van der Waals surface area contributed by atoms with Crippen molar-refractivity contribution in [2.75, 3.05) is 0 Å². The van der Waals surface area contributed by atoms with Gasteiger partial charge in [-0.2, -0.15) is 0 Å². The smallest absolute Gasteiger partial charge is 0.0522 e. The van der Waals surface area contributed by atoms with Gasteiger partial charge in [0.1, 0.15) is 0 Å². The Morgan fingerprint density at radius 3 is 3.00 bits per heavy atom. The second kappa shape index (κ2) is 3.48. The van der Waals surface area contributed by atoms with Crippen molar-refractivity contribution in [3.8, 4) is 12.3 Å². The maximum absolute atomic E-state index is 6.34. The van der Waals surface area contributed by atoms with Gasteiger partial charge >= 0.3 is 0 Å². The number of benzene rings is 1. The van der Waals surface area contributed by atoms with E-state index in [1.54, 1.807) is 0 Å². The van der Waals surface area contributed by atoms with E-state index in [9.17, 15) is 0 Å². The molecule has 1 aliphatic rings. The summed E-state index contributed by atoms with van der Waals surface area (Å²) in [5.41, 5.74) is 8.69. The van der Waals surface area contributed by atoms with E-state index in [-0.39, 0.29) is 5.54 Å². The van der Waals surface area contributed by atoms with Crippen molar-refractivity contribution in [2.45, 2.75) is 31.2 Å². The lowest BCUT2D eigenvalue weighted by Crippen LogP contribution is -2.39. The van der Waals surface area contributed by atoms with Crippen LogP contribution in [0.3, 0.4) is 0 Å². The van der Waals surface area contributed by atoms with Crippen LogP contribution in [0.4, 0.5) is 0 Å². The molecule has 0 amide bonds. The molecule has 0 saturated carbocycles. The molecular weight excluding hydrogens is 170 g/mol. The molecule has 1 unspecified atom stereocenters. The zero-order valence-corrected chi connectivity index (χ0v) is 8.29. The maximum Gasteiger partial charge on any atom is 0.0522 e. The third-order valence-electron chi connectivity index (χ3n) is 3.04. The van der Waals surface area contributed by atoms with Gasteiger partial charge in [-0.25, -0.2) is 0 Å². The number of fused-ring (bicyclic) bond motifs is 1. The molecule has 0 bridgehead atoms. The number of aryl methyl sites for hydroxylation is 1. The van der Waals surface area contributed by atoms with E-state index in [1.807, 2.05) is 6.07 Å². The zero-order valence-electron chi connectivity index (χ0n) is 8.29. The molecule has 1 nitrogen and oxygen atoms in total. The number of hydrogen-bond acceptors (Lipinski definition) is 1. The summed E-state index contributed by atoms with van der Waals surface area (Å²) in [6.07, 6.45) is 9.31. The highest BCUT2D eigenvalue weighted by Crippen LogP contribution is 2.35. The highest BCUT2D eigenvalue weighted by Gasteiger charge is 2.31. The summed E-state index contributed by atoms with van der Waals surface area (Å²) >= 11 is 0. The lowest BCUT2D eigenvalue weighted by molar-refractivity contribution is 0.381. The zero-order chi connectivity index (χ0) is 10.0. The molecule has 2 rings (SSSR count). The Morgan fingerprint density at radius 1 is 1.43 bits per heavy atom. The minimum absolute atomic E-state index is 0.274. The Balaban J connectivity index is 2.45. The lowest BCUT2D eigenvalue weighted by atomic mass is 9.75. The Hall–Kier alpha value is -1.26. The van der Waals surface area contributed by atoms with Crippen LogP contribution >= 0.6 is 0 Å². The standard InChI is InChI=1S/C13H15N/c1-2-9-13(14)10-5-7-11-6-3-4-8-12(11)13/h1,3-4,6,8H,5,7,9-10,14H2. The number of hydrogen-bond donors (Lipinski definition) is 1. The van der Waals surface area contributed by atoms with Gasteiger partial charge in [-0.05, 0) is 30.4 Å². The highest BCUT2D eigenvalue weighted by atomic mass is 14.7. The Bertz CT molecular complexity index is 375. The average molecular weight is 185 g/mol. The van der Waals surface area contributed by atoms with E-state index in [0.29, 0.717) is 6.42 Å². The Morgan fingerprint density at radius 2 is 2.21 bits per heavy atom. The summed E-state index contributed by atoms with van der Waals surface area (Å²) in [4.78, 5) is 0. The molecule has 1 heteroatoms. The molecule has 0 aromatic heterocycles. The Kier molecular flexibility index (Phi) is 2.31. The summed E-state index contributed by atoms with van der Waals surface area (Å²) in [5, 5.41) is 0. The summed E-state index contributed by atoms with van der Waals surface area (Å²) < 4.78 is 0. The fourth-order valence-corrected chi connectivity index (χ4v) is 2.32. The molecule has 1 aromatic carbocycles. The molecule has 0 aliphatic heterocycles. The monoisotopic (exact) mass is 185 g/mol. The molecule has 14 heavy (non-hydrogen) atoms. The largest absolute Gasteiger partial charge is 0.321 e. The van der Waals surface area contributed by atoms with Crippen LogP contribution in [-0.4, -0.2) is 0 Å². The molecular formula is C13H15N. The van der Waals surface area contributed by atoms with Crippen molar-refractivity contribution < 1.29 is 0 Å². The predicted octanol–water partition coefficient (Wildman–Crippen LogP) is 2.20. The van der Waals surface area contributed by atoms with Crippen molar-refractivity contribution in [1.82, 2.24) is 0 Å². The average Bonchev–Trinajstić information content (AvgIpc) is 2.19. The topological polar surface area (TPSA) is 26.0 Å². The minimum Gasteiger partial charge on any atom is -0.321 e. The third kappa shape index (κ3) is 1.42. The minimum atomic E-state index is -0.274. The van der Waals surface area contributed by atoms with Crippen molar-refractivity contribution in [1.29, 1.82) is 0 Å². The van der Waals surface area contributed by atoms with Gasteiger partial charge in [-0.15, -0.1) is 12.3 Å². The van der Waals surface area contributed by atoms with Gasteiger partial charge in [-0.1, -0.05) is 24.3 Å². The van der Waals surface area contributed by atoms with Gasteiger partial charge in [0.25, 0.3) is 0 Å². The van der Waals surface area contributed by atoms with Crippen LogP contribution in [0.15, 0.2) is 24.3 Å². The van der Waals surface area contributed by atoms with Crippen molar-refractivity contribution >= 4 is 0 Å². The summed E-state index contributed by atoms with van der Waals surface area (Å²) in [7, 11) is 0. The van der Waals surface area contributed by atoms with Gasteiger partial charge in [0.15, 0.2) is 0 Å². The van der Waals surface area contributed by atoms with Crippen molar-refractivity contribution in [3.05, 3.63) is 35.4 Å². The molecule has 1 aliphatic carbocycles.